The second kappa shape index (κ2) is 8.31. The first-order valence-corrected chi connectivity index (χ1v) is 8.24. The fourth-order valence-electron chi connectivity index (χ4n) is 2.39. The van der Waals surface area contributed by atoms with Crippen molar-refractivity contribution in [1.82, 2.24) is 15.2 Å². The monoisotopic (exact) mass is 314 g/mol. The van der Waals surface area contributed by atoms with Crippen LogP contribution in [0, 0.1) is 6.92 Å². The van der Waals surface area contributed by atoms with Crippen molar-refractivity contribution < 1.29 is 0 Å². The largest absolute Gasteiger partial charge is 0.372 e. The molecule has 0 bridgehead atoms. The summed E-state index contributed by atoms with van der Waals surface area (Å²) in [5.41, 5.74) is 3.45. The fraction of sp³-hybridized carbons (Fsp3) is 0.471. The summed E-state index contributed by atoms with van der Waals surface area (Å²) < 4.78 is 0. The molecule has 2 aromatic rings. The summed E-state index contributed by atoms with van der Waals surface area (Å²) in [5.74, 6) is 1.24. The number of nitrogens with one attached hydrogen (secondary N) is 2. The summed E-state index contributed by atoms with van der Waals surface area (Å²) in [6, 6.07) is 6.41. The van der Waals surface area contributed by atoms with Crippen molar-refractivity contribution in [1.29, 1.82) is 0 Å². The molecule has 0 amide bonds. The average Bonchev–Trinajstić information content (AvgIpc) is 2.57. The number of benzene rings is 1. The molecule has 0 atom stereocenters. The fourth-order valence-corrected chi connectivity index (χ4v) is 2.39. The van der Waals surface area contributed by atoms with E-state index < -0.39 is 0 Å². The molecular formula is C17H26N6. The molecule has 0 saturated carbocycles. The van der Waals surface area contributed by atoms with Gasteiger partial charge in [-0.2, -0.15) is 10.1 Å². The normalized spacial score (nSPS) is 10.4. The maximum absolute atomic E-state index is 4.43. The molecule has 0 spiro atoms. The third kappa shape index (κ3) is 4.55. The maximum atomic E-state index is 4.43. The van der Waals surface area contributed by atoms with Crippen LogP contribution in [0.2, 0.25) is 0 Å². The summed E-state index contributed by atoms with van der Waals surface area (Å²) in [5, 5.41) is 14.4. The van der Waals surface area contributed by atoms with Crippen LogP contribution in [0.3, 0.4) is 0 Å². The van der Waals surface area contributed by atoms with Gasteiger partial charge in [-0.1, -0.05) is 6.92 Å². The van der Waals surface area contributed by atoms with E-state index >= 15 is 0 Å². The van der Waals surface area contributed by atoms with E-state index in [2.05, 4.69) is 76.6 Å². The van der Waals surface area contributed by atoms with Crippen LogP contribution >= 0.6 is 0 Å². The van der Waals surface area contributed by atoms with Crippen LogP contribution in [0.5, 0.6) is 0 Å². The minimum atomic E-state index is 0.550. The predicted octanol–water partition coefficient (Wildman–Crippen LogP) is 3.59. The summed E-state index contributed by atoms with van der Waals surface area (Å²) >= 11 is 0. The Balaban J connectivity index is 2.14. The highest BCUT2D eigenvalue weighted by Gasteiger charge is 2.06. The summed E-state index contributed by atoms with van der Waals surface area (Å²) in [6.07, 6.45) is 2.65. The lowest BCUT2D eigenvalue weighted by atomic mass is 10.1. The van der Waals surface area contributed by atoms with Gasteiger partial charge in [0.1, 0.15) is 0 Å². The molecule has 2 rings (SSSR count). The zero-order valence-electron chi connectivity index (χ0n) is 14.4. The molecular weight excluding hydrogens is 288 g/mol. The third-order valence-corrected chi connectivity index (χ3v) is 3.69. The van der Waals surface area contributed by atoms with Crippen LogP contribution in [-0.4, -0.2) is 34.8 Å². The smallest absolute Gasteiger partial charge is 0.244 e. The minimum Gasteiger partial charge on any atom is -0.372 e. The van der Waals surface area contributed by atoms with Gasteiger partial charge in [0.25, 0.3) is 0 Å². The zero-order chi connectivity index (χ0) is 16.7. The van der Waals surface area contributed by atoms with E-state index in [-0.39, 0.29) is 0 Å². The van der Waals surface area contributed by atoms with E-state index in [1.54, 1.807) is 6.20 Å². The van der Waals surface area contributed by atoms with Crippen molar-refractivity contribution in [2.45, 2.75) is 34.1 Å². The van der Waals surface area contributed by atoms with Gasteiger partial charge in [-0.15, -0.1) is 5.10 Å². The van der Waals surface area contributed by atoms with Crippen LogP contribution in [0.4, 0.5) is 23.1 Å². The first-order valence-electron chi connectivity index (χ1n) is 8.24. The van der Waals surface area contributed by atoms with Gasteiger partial charge in [0.05, 0.1) is 6.20 Å². The summed E-state index contributed by atoms with van der Waals surface area (Å²) in [7, 11) is 0. The Morgan fingerprint density at radius 3 is 2.57 bits per heavy atom. The molecule has 1 heterocycles. The molecule has 0 radical (unpaired) electrons. The van der Waals surface area contributed by atoms with Crippen LogP contribution in [-0.2, 0) is 0 Å². The number of hydrogen-bond donors (Lipinski definition) is 2. The summed E-state index contributed by atoms with van der Waals surface area (Å²) in [4.78, 5) is 6.76. The Kier molecular flexibility index (Phi) is 6.14. The number of anilines is 4. The molecule has 6 nitrogen and oxygen atoms in total. The molecule has 0 aliphatic heterocycles. The number of rotatable bonds is 8. The Hall–Kier alpha value is -2.37. The number of hydrogen-bond acceptors (Lipinski definition) is 6. The number of nitrogens with zero attached hydrogens (tertiary/aromatic N) is 4. The van der Waals surface area contributed by atoms with E-state index in [1.165, 1.54) is 11.3 Å². The molecule has 6 heteroatoms. The second-order valence-corrected chi connectivity index (χ2v) is 5.39. The molecule has 0 unspecified atom stereocenters. The molecule has 0 fully saturated rings. The lowest BCUT2D eigenvalue weighted by Gasteiger charge is -2.22. The molecule has 124 valence electrons. The second-order valence-electron chi connectivity index (χ2n) is 5.39. The Labute approximate surface area is 138 Å². The lowest BCUT2D eigenvalue weighted by Crippen LogP contribution is -2.21. The van der Waals surface area contributed by atoms with Gasteiger partial charge in [0.2, 0.25) is 5.95 Å². The van der Waals surface area contributed by atoms with Crippen molar-refractivity contribution in [2.24, 2.45) is 0 Å². The number of aromatic nitrogens is 3. The first kappa shape index (κ1) is 17.0. The van der Waals surface area contributed by atoms with Crippen LogP contribution in [0.1, 0.15) is 32.8 Å². The van der Waals surface area contributed by atoms with Crippen molar-refractivity contribution in [3.05, 3.63) is 30.0 Å². The molecule has 1 aromatic carbocycles. The highest BCUT2D eigenvalue weighted by Crippen LogP contribution is 2.24. The first-order chi connectivity index (χ1) is 11.2. The van der Waals surface area contributed by atoms with Gasteiger partial charge < -0.3 is 15.5 Å². The van der Waals surface area contributed by atoms with Gasteiger partial charge in [0, 0.05) is 31.0 Å². The quantitative estimate of drug-likeness (QED) is 0.776. The molecule has 2 N–H and O–H groups in total. The Bertz CT molecular complexity index is 624. The average molecular weight is 314 g/mol. The molecule has 0 aliphatic carbocycles. The van der Waals surface area contributed by atoms with E-state index in [1.807, 2.05) is 0 Å². The SMILES string of the molecule is CCCNc1nncc(Nc2ccc(N(CC)CC)cc2C)n1. The van der Waals surface area contributed by atoms with Crippen molar-refractivity contribution in [3.63, 3.8) is 0 Å². The predicted molar refractivity (Wildman–Crippen MR) is 96.6 cm³/mol. The molecule has 0 aliphatic rings. The summed E-state index contributed by atoms with van der Waals surface area (Å²) in [6.45, 7) is 11.4. The van der Waals surface area contributed by atoms with Crippen LogP contribution in [0.25, 0.3) is 0 Å². The topological polar surface area (TPSA) is 66.0 Å². The van der Waals surface area contributed by atoms with Crippen molar-refractivity contribution >= 4 is 23.1 Å². The van der Waals surface area contributed by atoms with Crippen LogP contribution < -0.4 is 15.5 Å². The van der Waals surface area contributed by atoms with Gasteiger partial charge >= 0.3 is 0 Å². The lowest BCUT2D eigenvalue weighted by molar-refractivity contribution is 0.865. The van der Waals surface area contributed by atoms with E-state index in [0.717, 1.165) is 31.7 Å². The van der Waals surface area contributed by atoms with Gasteiger partial charge in [-0.05, 0) is 51.0 Å². The number of aryl methyl sites for hydroxylation is 1. The van der Waals surface area contributed by atoms with Gasteiger partial charge in [-0.25, -0.2) is 0 Å². The van der Waals surface area contributed by atoms with Crippen molar-refractivity contribution in [3.8, 4) is 0 Å². The zero-order valence-corrected chi connectivity index (χ0v) is 14.4. The maximum Gasteiger partial charge on any atom is 0.244 e. The van der Waals surface area contributed by atoms with Crippen molar-refractivity contribution in [2.75, 3.05) is 35.2 Å². The Morgan fingerprint density at radius 2 is 1.91 bits per heavy atom. The molecule has 0 saturated heterocycles. The highest BCUT2D eigenvalue weighted by atomic mass is 15.3. The van der Waals surface area contributed by atoms with Gasteiger partial charge in [-0.3, -0.25) is 0 Å². The van der Waals surface area contributed by atoms with Gasteiger partial charge in [0.15, 0.2) is 5.82 Å². The molecule has 23 heavy (non-hydrogen) atoms. The van der Waals surface area contributed by atoms with E-state index in [4.69, 9.17) is 0 Å². The standard InChI is InChI=1S/C17H26N6/c1-5-10-18-17-21-16(12-19-22-17)20-15-9-8-14(11-13(15)4)23(6-2)7-3/h8-9,11-12H,5-7,10H2,1-4H3,(H2,18,20,21,22). The minimum absolute atomic E-state index is 0.550. The van der Waals surface area contributed by atoms with E-state index in [9.17, 15) is 0 Å². The molecule has 1 aromatic heterocycles. The van der Waals surface area contributed by atoms with Crippen LogP contribution in [0.15, 0.2) is 24.4 Å². The van der Waals surface area contributed by atoms with E-state index in [0.29, 0.717) is 11.8 Å². The Morgan fingerprint density at radius 1 is 1.13 bits per heavy atom. The third-order valence-electron chi connectivity index (χ3n) is 3.69. The highest BCUT2D eigenvalue weighted by molar-refractivity contribution is 5.65.